The summed E-state index contributed by atoms with van der Waals surface area (Å²) < 4.78 is 63.0. The number of hydrogen-bond acceptors (Lipinski definition) is 5. The quantitative estimate of drug-likeness (QED) is 0.300. The molecule has 12 heteroatoms. The Labute approximate surface area is 225 Å². The lowest BCUT2D eigenvalue weighted by Gasteiger charge is -2.26. The molecule has 8 nitrogen and oxygen atoms in total. The average molecular weight is 555 g/mol. The third-order valence-electron chi connectivity index (χ3n) is 6.59. The van der Waals surface area contributed by atoms with Gasteiger partial charge in [-0.1, -0.05) is 6.07 Å². The summed E-state index contributed by atoms with van der Waals surface area (Å²) in [5.41, 5.74) is -0.231. The SMILES string of the molecule is CN(C(=O)c1cccc(-n2nc(C(F)(F)F)c3c2C(Oc2ccc(C(=O)O)cc2)CCC3)c1)c1cncc(F)c1. The Hall–Kier alpha value is -4.74. The Morgan fingerprint density at radius 1 is 1.07 bits per heavy atom. The zero-order valence-corrected chi connectivity index (χ0v) is 21.0. The lowest BCUT2D eigenvalue weighted by Crippen LogP contribution is -2.26. The molecule has 0 saturated carbocycles. The van der Waals surface area contributed by atoms with Crippen LogP contribution in [-0.4, -0.2) is 38.8 Å². The van der Waals surface area contributed by atoms with E-state index in [0.29, 0.717) is 18.6 Å². The highest BCUT2D eigenvalue weighted by molar-refractivity contribution is 6.05. The van der Waals surface area contributed by atoms with Crippen molar-refractivity contribution < 1.29 is 37.0 Å². The lowest BCUT2D eigenvalue weighted by atomic mass is 9.92. The van der Waals surface area contributed by atoms with Gasteiger partial charge in [-0.15, -0.1) is 0 Å². The number of alkyl halides is 3. The van der Waals surface area contributed by atoms with Crippen LogP contribution in [0.15, 0.2) is 67.0 Å². The van der Waals surface area contributed by atoms with Crippen LogP contribution in [0, 0.1) is 5.82 Å². The molecule has 0 spiro atoms. The van der Waals surface area contributed by atoms with Crippen LogP contribution in [-0.2, 0) is 12.6 Å². The third-order valence-corrected chi connectivity index (χ3v) is 6.59. The van der Waals surface area contributed by atoms with Crippen LogP contribution in [0.2, 0.25) is 0 Å². The van der Waals surface area contributed by atoms with E-state index < -0.39 is 35.7 Å². The number of pyridine rings is 1. The van der Waals surface area contributed by atoms with Crippen molar-refractivity contribution in [3.63, 3.8) is 0 Å². The Morgan fingerprint density at radius 3 is 2.50 bits per heavy atom. The number of rotatable bonds is 6. The van der Waals surface area contributed by atoms with Gasteiger partial charge >= 0.3 is 12.1 Å². The first-order valence-electron chi connectivity index (χ1n) is 12.2. The van der Waals surface area contributed by atoms with E-state index in [1.807, 2.05) is 0 Å². The number of ether oxygens (including phenoxy) is 1. The second-order valence-corrected chi connectivity index (χ2v) is 9.23. The summed E-state index contributed by atoms with van der Waals surface area (Å²) in [7, 11) is 1.43. The molecule has 4 aromatic rings. The number of hydrogen-bond donors (Lipinski definition) is 1. The number of aromatic carboxylic acids is 1. The van der Waals surface area contributed by atoms with Gasteiger partial charge in [0, 0.05) is 24.2 Å². The monoisotopic (exact) mass is 554 g/mol. The lowest BCUT2D eigenvalue weighted by molar-refractivity contribution is -0.142. The summed E-state index contributed by atoms with van der Waals surface area (Å²) in [5, 5.41) is 13.1. The third kappa shape index (κ3) is 5.24. The van der Waals surface area contributed by atoms with Crippen LogP contribution in [0.4, 0.5) is 23.2 Å². The number of halogens is 4. The largest absolute Gasteiger partial charge is 0.484 e. The van der Waals surface area contributed by atoms with Gasteiger partial charge in [0.15, 0.2) is 5.69 Å². The van der Waals surface area contributed by atoms with Crippen LogP contribution in [0.3, 0.4) is 0 Å². The summed E-state index contributed by atoms with van der Waals surface area (Å²) in [6.07, 6.45) is -2.28. The van der Waals surface area contributed by atoms with Gasteiger partial charge in [0.1, 0.15) is 17.7 Å². The Balaban J connectivity index is 1.54. The number of nitrogens with zero attached hydrogens (tertiary/aromatic N) is 4. The zero-order valence-electron chi connectivity index (χ0n) is 21.0. The minimum atomic E-state index is -4.72. The van der Waals surface area contributed by atoms with E-state index in [1.54, 1.807) is 0 Å². The van der Waals surface area contributed by atoms with Crippen molar-refractivity contribution in [2.45, 2.75) is 31.5 Å². The number of carboxylic acid groups (broad SMARTS) is 1. The predicted octanol–water partition coefficient (Wildman–Crippen LogP) is 5.86. The molecule has 40 heavy (non-hydrogen) atoms. The molecule has 1 amide bonds. The van der Waals surface area contributed by atoms with Gasteiger partial charge in [0.05, 0.1) is 35.0 Å². The molecule has 206 valence electrons. The van der Waals surface area contributed by atoms with Crippen molar-refractivity contribution in [3.8, 4) is 11.4 Å². The maximum Gasteiger partial charge on any atom is 0.435 e. The van der Waals surface area contributed by atoms with Crippen LogP contribution in [0.1, 0.15) is 56.6 Å². The number of amides is 1. The fourth-order valence-electron chi connectivity index (χ4n) is 4.69. The predicted molar refractivity (Wildman–Crippen MR) is 135 cm³/mol. The molecule has 2 aromatic heterocycles. The van der Waals surface area contributed by atoms with Gasteiger partial charge in [-0.2, -0.15) is 18.3 Å². The average Bonchev–Trinajstić information content (AvgIpc) is 3.34. The van der Waals surface area contributed by atoms with Crippen LogP contribution < -0.4 is 9.64 Å². The second-order valence-electron chi connectivity index (χ2n) is 9.23. The summed E-state index contributed by atoms with van der Waals surface area (Å²) in [6, 6.07) is 12.7. The van der Waals surface area contributed by atoms with Crippen LogP contribution >= 0.6 is 0 Å². The fraction of sp³-hybridized carbons (Fsp3) is 0.214. The molecule has 1 aliphatic carbocycles. The Bertz CT molecular complexity index is 1580. The summed E-state index contributed by atoms with van der Waals surface area (Å²) >= 11 is 0. The number of aromatic nitrogens is 3. The Morgan fingerprint density at radius 2 is 1.82 bits per heavy atom. The first kappa shape index (κ1) is 26.9. The topological polar surface area (TPSA) is 97.6 Å². The first-order chi connectivity index (χ1) is 19.0. The molecule has 1 N–H and O–H groups in total. The smallest absolute Gasteiger partial charge is 0.435 e. The number of carbonyl (C=O) groups is 2. The fourth-order valence-corrected chi connectivity index (χ4v) is 4.69. The van der Waals surface area contributed by atoms with Gasteiger partial charge < -0.3 is 14.7 Å². The van der Waals surface area contributed by atoms with E-state index >= 15 is 0 Å². The normalized spacial score (nSPS) is 14.9. The Kier molecular flexibility index (Phi) is 7.01. The second kappa shape index (κ2) is 10.4. The molecule has 0 aliphatic heterocycles. The minimum Gasteiger partial charge on any atom is -0.484 e. The summed E-state index contributed by atoms with van der Waals surface area (Å²) in [6.45, 7) is 0. The molecule has 0 saturated heterocycles. The number of benzene rings is 2. The van der Waals surface area contributed by atoms with Crippen molar-refractivity contribution in [3.05, 3.63) is 101 Å². The van der Waals surface area contributed by atoms with Gasteiger partial charge in [0.2, 0.25) is 0 Å². The molecule has 1 aliphatic rings. The molecule has 5 rings (SSSR count). The van der Waals surface area contributed by atoms with Crippen molar-refractivity contribution in [1.82, 2.24) is 14.8 Å². The van der Waals surface area contributed by atoms with E-state index in [2.05, 4.69) is 10.1 Å². The van der Waals surface area contributed by atoms with Crippen LogP contribution in [0.25, 0.3) is 5.69 Å². The van der Waals surface area contributed by atoms with Crippen molar-refractivity contribution in [2.24, 2.45) is 0 Å². The maximum absolute atomic E-state index is 14.0. The molecular weight excluding hydrogens is 532 g/mol. The van der Waals surface area contributed by atoms with Crippen molar-refractivity contribution in [2.75, 3.05) is 11.9 Å². The highest BCUT2D eigenvalue weighted by atomic mass is 19.4. The molecular formula is C28H22F4N4O4. The van der Waals surface area contributed by atoms with Gasteiger partial charge in [-0.05, 0) is 61.7 Å². The zero-order chi connectivity index (χ0) is 28.6. The first-order valence-corrected chi connectivity index (χ1v) is 12.2. The van der Waals surface area contributed by atoms with Gasteiger partial charge in [0.25, 0.3) is 5.91 Å². The summed E-state index contributed by atoms with van der Waals surface area (Å²) in [4.78, 5) is 29.3. The van der Waals surface area contributed by atoms with Crippen LogP contribution in [0.5, 0.6) is 5.75 Å². The van der Waals surface area contributed by atoms with E-state index in [4.69, 9.17) is 9.84 Å². The molecule has 0 radical (unpaired) electrons. The number of fused-ring (bicyclic) bond motifs is 1. The molecule has 0 fully saturated rings. The van der Waals surface area contributed by atoms with E-state index in [9.17, 15) is 27.2 Å². The standard InChI is InChI=1S/C28H22F4N4O4/c1-35(20-13-18(29)14-33-15-20)26(37)17-4-2-5-19(12-17)36-24-22(25(34-36)28(30,31)32)6-3-7-23(24)40-21-10-8-16(9-11-21)27(38)39/h2,4-5,8-15,23H,3,6-7H2,1H3,(H,38,39). The highest BCUT2D eigenvalue weighted by Crippen LogP contribution is 2.42. The molecule has 0 bridgehead atoms. The van der Waals surface area contributed by atoms with Crippen molar-refractivity contribution >= 4 is 17.6 Å². The molecule has 2 heterocycles. The van der Waals surface area contributed by atoms with E-state index in [0.717, 1.165) is 16.9 Å². The maximum atomic E-state index is 14.0. The number of carbonyl (C=O) groups excluding carboxylic acids is 1. The number of carboxylic acids is 1. The van der Waals surface area contributed by atoms with E-state index in [1.165, 1.54) is 66.7 Å². The van der Waals surface area contributed by atoms with Gasteiger partial charge in [-0.3, -0.25) is 9.78 Å². The number of anilines is 1. The summed E-state index contributed by atoms with van der Waals surface area (Å²) in [5.74, 6) is -1.98. The molecule has 1 unspecified atom stereocenters. The van der Waals surface area contributed by atoms with Gasteiger partial charge in [-0.25, -0.2) is 13.9 Å². The minimum absolute atomic E-state index is 0.00517. The van der Waals surface area contributed by atoms with E-state index in [-0.39, 0.29) is 40.2 Å². The molecule has 1 atom stereocenters. The highest BCUT2D eigenvalue weighted by Gasteiger charge is 2.42. The molecule has 2 aromatic carbocycles. The van der Waals surface area contributed by atoms with Crippen molar-refractivity contribution in [1.29, 1.82) is 0 Å².